The van der Waals surface area contributed by atoms with E-state index in [0.29, 0.717) is 17.2 Å². The first-order chi connectivity index (χ1) is 13.3. The number of thiazole rings is 1. The number of para-hydroxylation sites is 1. The lowest BCUT2D eigenvalue weighted by atomic mass is 10.1. The van der Waals surface area contributed by atoms with Crippen molar-refractivity contribution in [1.29, 1.82) is 0 Å². The van der Waals surface area contributed by atoms with Gasteiger partial charge in [-0.3, -0.25) is 5.32 Å². The number of carbonyl (C=O) groups is 1. The van der Waals surface area contributed by atoms with Gasteiger partial charge in [0.15, 0.2) is 5.13 Å². The Balaban J connectivity index is 1.52. The number of nitrogens with one attached hydrogen (secondary N) is 3. The van der Waals surface area contributed by atoms with Crippen LogP contribution in [0.3, 0.4) is 0 Å². The summed E-state index contributed by atoms with van der Waals surface area (Å²) in [6.45, 7) is 3.89. The molecule has 148 valence electrons. The van der Waals surface area contributed by atoms with Crippen LogP contribution in [0.5, 0.6) is 0 Å². The van der Waals surface area contributed by atoms with Crippen molar-refractivity contribution in [3.05, 3.63) is 59.7 Å². The fraction of sp³-hybridized carbons (Fsp3) is 0.263. The van der Waals surface area contributed by atoms with Crippen LogP contribution in [-0.2, 0) is 22.3 Å². The van der Waals surface area contributed by atoms with E-state index in [1.54, 1.807) is 38.1 Å². The molecule has 3 aromatic rings. The molecule has 0 aliphatic carbocycles. The summed E-state index contributed by atoms with van der Waals surface area (Å²) in [7, 11) is -3.35. The van der Waals surface area contributed by atoms with Gasteiger partial charge in [0.05, 0.1) is 16.0 Å². The lowest BCUT2D eigenvalue weighted by Crippen LogP contribution is -2.31. The predicted molar refractivity (Wildman–Crippen MR) is 113 cm³/mol. The summed E-state index contributed by atoms with van der Waals surface area (Å²) in [5, 5.41) is 6.04. The van der Waals surface area contributed by atoms with E-state index in [1.807, 2.05) is 24.3 Å². The second kappa shape index (κ2) is 8.68. The molecule has 0 spiro atoms. The number of sulfonamides is 1. The van der Waals surface area contributed by atoms with Gasteiger partial charge in [0.25, 0.3) is 0 Å². The Hall–Kier alpha value is -2.49. The number of hydrogen-bond acceptors (Lipinski definition) is 5. The maximum Gasteiger partial charge on any atom is 0.321 e. The van der Waals surface area contributed by atoms with Gasteiger partial charge in [-0.2, -0.15) is 0 Å². The first-order valence-corrected chi connectivity index (χ1v) is 11.3. The summed E-state index contributed by atoms with van der Waals surface area (Å²) in [5.41, 5.74) is 2.41. The summed E-state index contributed by atoms with van der Waals surface area (Å²) < 4.78 is 27.5. The third kappa shape index (κ3) is 5.75. The van der Waals surface area contributed by atoms with Crippen molar-refractivity contribution >= 4 is 42.7 Å². The fourth-order valence-corrected chi connectivity index (χ4v) is 4.92. The van der Waals surface area contributed by atoms with Crippen LogP contribution in [-0.4, -0.2) is 25.5 Å². The minimum Gasteiger partial charge on any atom is -0.334 e. The second-order valence-corrected chi connectivity index (χ2v) is 9.43. The number of urea groups is 1. The molecule has 0 aliphatic rings. The number of aromatic nitrogens is 1. The van der Waals surface area contributed by atoms with E-state index in [0.717, 1.165) is 15.8 Å². The monoisotopic (exact) mass is 418 g/mol. The van der Waals surface area contributed by atoms with Gasteiger partial charge in [-0.15, -0.1) is 0 Å². The Labute approximate surface area is 168 Å². The Kier molecular flexibility index (Phi) is 6.28. The molecule has 1 heterocycles. The number of carbonyl (C=O) groups excluding carboxylic acids is 1. The van der Waals surface area contributed by atoms with Crippen LogP contribution >= 0.6 is 11.3 Å². The minimum atomic E-state index is -3.35. The lowest BCUT2D eigenvalue weighted by molar-refractivity contribution is 0.251. The highest BCUT2D eigenvalue weighted by Gasteiger charge is 2.13. The van der Waals surface area contributed by atoms with E-state index >= 15 is 0 Å². The highest BCUT2D eigenvalue weighted by molar-refractivity contribution is 7.88. The molecule has 28 heavy (non-hydrogen) atoms. The number of fused-ring (bicyclic) bond motifs is 1. The molecule has 0 atom stereocenters. The summed E-state index contributed by atoms with van der Waals surface area (Å²) in [5.74, 6) is -0.0724. The van der Waals surface area contributed by atoms with Crippen molar-refractivity contribution < 1.29 is 13.2 Å². The quantitative estimate of drug-likeness (QED) is 0.547. The van der Waals surface area contributed by atoms with E-state index in [4.69, 9.17) is 0 Å². The molecule has 9 heteroatoms. The SMILES string of the molecule is CC(C)NS(=O)(=O)Cc1ccc(CNC(=O)Nc2nc3ccccc3s2)cc1. The topological polar surface area (TPSA) is 100 Å². The van der Waals surface area contributed by atoms with Gasteiger partial charge in [-0.05, 0) is 37.1 Å². The average molecular weight is 419 g/mol. The van der Waals surface area contributed by atoms with Crippen molar-refractivity contribution in [2.24, 2.45) is 0 Å². The van der Waals surface area contributed by atoms with Crippen molar-refractivity contribution in [1.82, 2.24) is 15.0 Å². The van der Waals surface area contributed by atoms with Gasteiger partial charge >= 0.3 is 6.03 Å². The summed E-state index contributed by atoms with van der Waals surface area (Å²) in [6, 6.07) is 14.3. The summed E-state index contributed by atoms with van der Waals surface area (Å²) >= 11 is 1.41. The van der Waals surface area contributed by atoms with Crippen LogP contribution in [0.25, 0.3) is 10.2 Å². The maximum atomic E-state index is 12.1. The van der Waals surface area contributed by atoms with Crippen LogP contribution in [0.2, 0.25) is 0 Å². The number of anilines is 1. The molecule has 2 aromatic carbocycles. The largest absolute Gasteiger partial charge is 0.334 e. The van der Waals surface area contributed by atoms with Gasteiger partial charge in [-0.1, -0.05) is 47.7 Å². The second-order valence-electron chi connectivity index (χ2n) is 6.64. The van der Waals surface area contributed by atoms with Gasteiger partial charge in [0, 0.05) is 12.6 Å². The summed E-state index contributed by atoms with van der Waals surface area (Å²) in [6.07, 6.45) is 0. The molecule has 0 bridgehead atoms. The molecule has 0 saturated carbocycles. The van der Waals surface area contributed by atoms with E-state index in [-0.39, 0.29) is 17.8 Å². The molecule has 0 saturated heterocycles. The minimum absolute atomic E-state index is 0.0724. The first-order valence-electron chi connectivity index (χ1n) is 8.79. The molecule has 3 N–H and O–H groups in total. The number of rotatable bonds is 7. The van der Waals surface area contributed by atoms with Gasteiger partial charge in [0.1, 0.15) is 0 Å². The average Bonchev–Trinajstić information content (AvgIpc) is 3.01. The molecule has 0 aliphatic heterocycles. The van der Waals surface area contributed by atoms with Crippen LogP contribution in [0.4, 0.5) is 9.93 Å². The zero-order valence-corrected chi connectivity index (χ0v) is 17.2. The smallest absolute Gasteiger partial charge is 0.321 e. The Morgan fingerprint density at radius 1 is 1.07 bits per heavy atom. The highest BCUT2D eigenvalue weighted by atomic mass is 32.2. The number of hydrogen-bond donors (Lipinski definition) is 3. The third-order valence-corrected chi connectivity index (χ3v) is 6.26. The van der Waals surface area contributed by atoms with E-state index in [2.05, 4.69) is 20.3 Å². The predicted octanol–water partition coefficient (Wildman–Crippen LogP) is 3.45. The molecule has 7 nitrogen and oxygen atoms in total. The maximum absolute atomic E-state index is 12.1. The van der Waals surface area contributed by atoms with Crippen molar-refractivity contribution in [3.63, 3.8) is 0 Å². The van der Waals surface area contributed by atoms with Crippen LogP contribution < -0.4 is 15.4 Å². The van der Waals surface area contributed by atoms with Crippen molar-refractivity contribution in [3.8, 4) is 0 Å². The zero-order valence-electron chi connectivity index (χ0n) is 15.6. The van der Waals surface area contributed by atoms with Gasteiger partial charge in [0.2, 0.25) is 10.0 Å². The third-order valence-electron chi connectivity index (χ3n) is 3.76. The van der Waals surface area contributed by atoms with Crippen molar-refractivity contribution in [2.75, 3.05) is 5.32 Å². The molecule has 0 unspecified atom stereocenters. The standard InChI is InChI=1S/C19H22N4O3S2/c1-13(2)23-28(25,26)12-15-9-7-14(8-10-15)11-20-18(24)22-19-21-16-5-3-4-6-17(16)27-19/h3-10,13,23H,11-12H2,1-2H3,(H2,20,21,22,24). The Morgan fingerprint density at radius 2 is 1.75 bits per heavy atom. The van der Waals surface area contributed by atoms with Crippen LogP contribution in [0.1, 0.15) is 25.0 Å². The Morgan fingerprint density at radius 3 is 2.43 bits per heavy atom. The van der Waals surface area contributed by atoms with Gasteiger partial charge < -0.3 is 5.32 Å². The molecule has 3 rings (SSSR count). The van der Waals surface area contributed by atoms with Crippen LogP contribution in [0, 0.1) is 0 Å². The van der Waals surface area contributed by atoms with Crippen LogP contribution in [0.15, 0.2) is 48.5 Å². The Bertz CT molecular complexity index is 1030. The van der Waals surface area contributed by atoms with Crippen molar-refractivity contribution in [2.45, 2.75) is 32.2 Å². The normalized spacial score (nSPS) is 11.7. The van der Waals surface area contributed by atoms with Gasteiger partial charge in [-0.25, -0.2) is 22.9 Å². The molecule has 0 fully saturated rings. The fourth-order valence-electron chi connectivity index (χ4n) is 2.62. The molecule has 1 aromatic heterocycles. The van der Waals surface area contributed by atoms with E-state index < -0.39 is 10.0 Å². The molecular weight excluding hydrogens is 396 g/mol. The summed E-state index contributed by atoms with van der Waals surface area (Å²) in [4.78, 5) is 16.4. The van der Waals surface area contributed by atoms with E-state index in [9.17, 15) is 13.2 Å². The zero-order chi connectivity index (χ0) is 20.1. The number of nitrogens with zero attached hydrogens (tertiary/aromatic N) is 1. The number of amides is 2. The number of benzene rings is 2. The lowest BCUT2D eigenvalue weighted by Gasteiger charge is -2.10. The molecular formula is C19H22N4O3S2. The first kappa shape index (κ1) is 20.2. The van der Waals surface area contributed by atoms with E-state index in [1.165, 1.54) is 11.3 Å². The molecule has 2 amide bonds. The highest BCUT2D eigenvalue weighted by Crippen LogP contribution is 2.25. The molecule has 0 radical (unpaired) electrons.